The fourth-order valence-corrected chi connectivity index (χ4v) is 3.11. The van der Waals surface area contributed by atoms with Gasteiger partial charge in [0.2, 0.25) is 5.91 Å². The van der Waals surface area contributed by atoms with E-state index in [-0.39, 0.29) is 17.9 Å². The third kappa shape index (κ3) is 5.26. The van der Waals surface area contributed by atoms with E-state index in [1.807, 2.05) is 0 Å². The molecule has 0 radical (unpaired) electrons. The highest BCUT2D eigenvalue weighted by Gasteiger charge is 2.26. The molecular weight excluding hydrogens is 351 g/mol. The lowest BCUT2D eigenvalue weighted by molar-refractivity contribution is -0.126. The van der Waals surface area contributed by atoms with Gasteiger partial charge in [0.05, 0.1) is 0 Å². The first-order valence-electron chi connectivity index (χ1n) is 7.95. The summed E-state index contributed by atoms with van der Waals surface area (Å²) in [6, 6.07) is 5.02. The van der Waals surface area contributed by atoms with Crippen molar-refractivity contribution >= 4 is 35.1 Å². The van der Waals surface area contributed by atoms with E-state index in [0.29, 0.717) is 55.6 Å². The lowest BCUT2D eigenvalue weighted by atomic mass is 9.96. The number of carbonyl (C=O) groups excluding carboxylic acids is 2. The van der Waals surface area contributed by atoms with Crippen LogP contribution in [0.2, 0.25) is 10.0 Å². The summed E-state index contributed by atoms with van der Waals surface area (Å²) in [7, 11) is 0. The van der Waals surface area contributed by atoms with E-state index >= 15 is 0 Å². The zero-order chi connectivity index (χ0) is 17.5. The highest BCUT2D eigenvalue weighted by Crippen LogP contribution is 2.21. The van der Waals surface area contributed by atoms with Crippen molar-refractivity contribution in [1.29, 1.82) is 0 Å². The molecule has 1 aromatic rings. The summed E-state index contributed by atoms with van der Waals surface area (Å²) in [5.41, 5.74) is 6.19. The van der Waals surface area contributed by atoms with Gasteiger partial charge in [-0.1, -0.05) is 29.3 Å². The molecule has 0 unspecified atom stereocenters. The largest absolute Gasteiger partial charge is 0.355 e. The molecule has 2 rings (SSSR count). The topological polar surface area (TPSA) is 87.5 Å². The second-order valence-electron chi connectivity index (χ2n) is 5.74. The molecule has 1 fully saturated rings. The van der Waals surface area contributed by atoms with Gasteiger partial charge >= 0.3 is 6.03 Å². The second kappa shape index (κ2) is 9.11. The van der Waals surface area contributed by atoms with Gasteiger partial charge in [-0.05, 0) is 30.5 Å². The van der Waals surface area contributed by atoms with E-state index in [1.54, 1.807) is 23.1 Å². The van der Waals surface area contributed by atoms with Gasteiger partial charge in [0.15, 0.2) is 0 Å². The smallest absolute Gasteiger partial charge is 0.317 e. The normalized spacial score (nSPS) is 15.2. The summed E-state index contributed by atoms with van der Waals surface area (Å²) >= 11 is 11.9. The number of hydrogen-bond acceptors (Lipinski definition) is 3. The maximum atomic E-state index is 12.2. The van der Waals surface area contributed by atoms with Gasteiger partial charge in [-0.15, -0.1) is 0 Å². The Morgan fingerprint density at radius 3 is 2.54 bits per heavy atom. The Kier molecular flexibility index (Phi) is 7.15. The molecule has 1 heterocycles. The molecule has 0 aromatic heterocycles. The van der Waals surface area contributed by atoms with Crippen LogP contribution in [-0.4, -0.2) is 43.0 Å². The highest BCUT2D eigenvalue weighted by molar-refractivity contribution is 6.35. The molecule has 0 saturated carbocycles. The predicted octanol–water partition coefficient (Wildman–Crippen LogP) is 1.99. The van der Waals surface area contributed by atoms with E-state index < -0.39 is 0 Å². The molecule has 0 aliphatic carbocycles. The maximum Gasteiger partial charge on any atom is 0.317 e. The molecule has 4 N–H and O–H groups in total. The number of rotatable bonds is 5. The minimum absolute atomic E-state index is 0.0217. The second-order valence-corrected chi connectivity index (χ2v) is 6.58. The number of nitrogens with one attached hydrogen (secondary N) is 2. The molecule has 0 atom stereocenters. The van der Waals surface area contributed by atoms with Crippen LogP contribution >= 0.6 is 23.2 Å². The molecule has 1 aliphatic heterocycles. The van der Waals surface area contributed by atoms with Gasteiger partial charge in [0.1, 0.15) is 0 Å². The van der Waals surface area contributed by atoms with Gasteiger partial charge in [-0.25, -0.2) is 4.79 Å². The summed E-state index contributed by atoms with van der Waals surface area (Å²) in [5.74, 6) is -0.0280. The lowest BCUT2D eigenvalue weighted by Crippen LogP contribution is -2.47. The molecule has 0 spiro atoms. The van der Waals surface area contributed by atoms with E-state index in [9.17, 15) is 9.59 Å². The van der Waals surface area contributed by atoms with Crippen LogP contribution in [0, 0.1) is 5.92 Å². The standard InChI is InChI=1S/C16H22Cl2N4O2/c17-13-2-1-12(14(18)9-13)10-21-16(24)22-7-3-11(4-8-22)15(23)20-6-5-19/h1-2,9,11H,3-8,10,19H2,(H,20,23)(H,21,24). The summed E-state index contributed by atoms with van der Waals surface area (Å²) in [4.78, 5) is 25.8. The van der Waals surface area contributed by atoms with E-state index in [2.05, 4.69) is 10.6 Å². The van der Waals surface area contributed by atoms with Crippen molar-refractivity contribution in [2.24, 2.45) is 11.7 Å². The minimum Gasteiger partial charge on any atom is -0.355 e. The molecule has 1 aliphatic rings. The van der Waals surface area contributed by atoms with Gasteiger partial charge in [0.25, 0.3) is 0 Å². The maximum absolute atomic E-state index is 12.2. The number of amides is 3. The Morgan fingerprint density at radius 2 is 1.92 bits per heavy atom. The number of benzene rings is 1. The fourth-order valence-electron chi connectivity index (χ4n) is 2.63. The van der Waals surface area contributed by atoms with Crippen molar-refractivity contribution < 1.29 is 9.59 Å². The quantitative estimate of drug-likeness (QED) is 0.738. The van der Waals surface area contributed by atoms with Crippen LogP contribution in [0.15, 0.2) is 18.2 Å². The van der Waals surface area contributed by atoms with Crippen molar-refractivity contribution in [2.45, 2.75) is 19.4 Å². The molecule has 24 heavy (non-hydrogen) atoms. The zero-order valence-corrected chi connectivity index (χ0v) is 14.9. The molecule has 0 bridgehead atoms. The molecule has 1 saturated heterocycles. The summed E-state index contributed by atoms with van der Waals surface area (Å²) in [5, 5.41) is 6.73. The van der Waals surface area contributed by atoms with Gasteiger partial charge in [-0.3, -0.25) is 4.79 Å². The molecule has 132 valence electrons. The van der Waals surface area contributed by atoms with Gasteiger partial charge < -0.3 is 21.3 Å². The van der Waals surface area contributed by atoms with Crippen LogP contribution in [0.3, 0.4) is 0 Å². The third-order valence-corrected chi connectivity index (χ3v) is 4.63. The first-order chi connectivity index (χ1) is 11.5. The van der Waals surface area contributed by atoms with Gasteiger partial charge in [-0.2, -0.15) is 0 Å². The average Bonchev–Trinajstić information content (AvgIpc) is 2.58. The zero-order valence-electron chi connectivity index (χ0n) is 13.4. The Balaban J connectivity index is 1.77. The Labute approximate surface area is 151 Å². The first-order valence-corrected chi connectivity index (χ1v) is 8.71. The van der Waals surface area contributed by atoms with Crippen LogP contribution in [0.25, 0.3) is 0 Å². The van der Waals surface area contributed by atoms with Crippen LogP contribution in [0.5, 0.6) is 0 Å². The van der Waals surface area contributed by atoms with Crippen molar-refractivity contribution in [2.75, 3.05) is 26.2 Å². The average molecular weight is 373 g/mol. The van der Waals surface area contributed by atoms with E-state index in [4.69, 9.17) is 28.9 Å². The number of halogens is 2. The molecule has 1 aromatic carbocycles. The summed E-state index contributed by atoms with van der Waals surface area (Å²) < 4.78 is 0. The van der Waals surface area contributed by atoms with E-state index in [0.717, 1.165) is 5.56 Å². The fraction of sp³-hybridized carbons (Fsp3) is 0.500. The molecule has 3 amide bonds. The Hall–Kier alpha value is -1.50. The van der Waals surface area contributed by atoms with Gasteiger partial charge in [0, 0.05) is 48.7 Å². The molecule has 8 heteroatoms. The number of carbonyl (C=O) groups is 2. The SMILES string of the molecule is NCCNC(=O)C1CCN(C(=O)NCc2ccc(Cl)cc2Cl)CC1. The van der Waals surface area contributed by atoms with Crippen molar-refractivity contribution in [1.82, 2.24) is 15.5 Å². The Bertz CT molecular complexity index is 589. The predicted molar refractivity (Wildman–Crippen MR) is 95.1 cm³/mol. The van der Waals surface area contributed by atoms with Crippen LogP contribution in [0.4, 0.5) is 4.79 Å². The summed E-state index contributed by atoms with van der Waals surface area (Å²) in [6.07, 6.45) is 1.32. The summed E-state index contributed by atoms with van der Waals surface area (Å²) in [6.45, 7) is 2.37. The highest BCUT2D eigenvalue weighted by atomic mass is 35.5. The van der Waals surface area contributed by atoms with Crippen molar-refractivity contribution in [3.63, 3.8) is 0 Å². The molecular formula is C16H22Cl2N4O2. The van der Waals surface area contributed by atoms with Crippen LogP contribution in [0.1, 0.15) is 18.4 Å². The van der Waals surface area contributed by atoms with Crippen LogP contribution in [-0.2, 0) is 11.3 Å². The molecule has 6 nitrogen and oxygen atoms in total. The minimum atomic E-state index is -0.151. The Morgan fingerprint density at radius 1 is 1.21 bits per heavy atom. The number of nitrogens with two attached hydrogens (primary N) is 1. The number of urea groups is 1. The number of nitrogens with zero attached hydrogens (tertiary/aromatic N) is 1. The van der Waals surface area contributed by atoms with Crippen molar-refractivity contribution in [3.05, 3.63) is 33.8 Å². The number of likely N-dealkylation sites (tertiary alicyclic amines) is 1. The number of piperidine rings is 1. The van der Waals surface area contributed by atoms with E-state index in [1.165, 1.54) is 0 Å². The monoisotopic (exact) mass is 372 g/mol. The third-order valence-electron chi connectivity index (χ3n) is 4.04. The number of hydrogen-bond donors (Lipinski definition) is 3. The van der Waals surface area contributed by atoms with Crippen molar-refractivity contribution in [3.8, 4) is 0 Å². The van der Waals surface area contributed by atoms with Crippen LogP contribution < -0.4 is 16.4 Å². The lowest BCUT2D eigenvalue weighted by Gasteiger charge is -2.31. The first kappa shape index (κ1) is 18.8.